The SMILES string of the molecule is CC[C@H](C)[C@@H]([C@@H](CC(=O)N1CCC[C@H]1[C@H](OC)[C@@H](C)C(=O)C[C@@H](Cc1ccccc1)C(=O)N(C)Cc1ccc(C)cc1)OC)N(C)C(=O)[C@@H](CC(=O)[C@H](C(C)C)N(C)C)C(C)C. The Morgan fingerprint density at radius 1 is 0.758 bits per heavy atom. The molecule has 1 saturated heterocycles. The third-order valence-electron chi connectivity index (χ3n) is 13.5. The molecule has 0 bridgehead atoms. The summed E-state index contributed by atoms with van der Waals surface area (Å²) in [5, 5.41) is 0. The quantitative estimate of drug-likeness (QED) is 0.101. The minimum Gasteiger partial charge on any atom is -0.379 e. The molecule has 0 N–H and O–H groups in total. The minimum atomic E-state index is -0.608. The van der Waals surface area contributed by atoms with Crippen LogP contribution in [0.2, 0.25) is 0 Å². The van der Waals surface area contributed by atoms with Gasteiger partial charge in [-0.1, -0.05) is 115 Å². The molecule has 0 saturated carbocycles. The maximum Gasteiger partial charge on any atom is 0.226 e. The van der Waals surface area contributed by atoms with Gasteiger partial charge in [0.2, 0.25) is 17.7 Å². The van der Waals surface area contributed by atoms with Gasteiger partial charge in [-0.05, 0) is 69.2 Å². The number of aryl methyl sites for hydroxylation is 1. The zero-order chi connectivity index (χ0) is 46.4. The Hall–Kier alpha value is -3.93. The summed E-state index contributed by atoms with van der Waals surface area (Å²) in [6.45, 7) is 17.0. The van der Waals surface area contributed by atoms with Crippen LogP contribution >= 0.6 is 0 Å². The van der Waals surface area contributed by atoms with Gasteiger partial charge in [-0.2, -0.15) is 0 Å². The van der Waals surface area contributed by atoms with Crippen LogP contribution in [-0.4, -0.2) is 128 Å². The number of rotatable bonds is 25. The van der Waals surface area contributed by atoms with Crippen molar-refractivity contribution in [2.75, 3.05) is 49.0 Å². The van der Waals surface area contributed by atoms with E-state index in [1.54, 1.807) is 38.1 Å². The Labute approximate surface area is 374 Å². The third kappa shape index (κ3) is 14.0. The first-order chi connectivity index (χ1) is 29.3. The molecule has 0 spiro atoms. The first-order valence-corrected chi connectivity index (χ1v) is 23.0. The molecule has 0 aromatic heterocycles. The summed E-state index contributed by atoms with van der Waals surface area (Å²) in [4.78, 5) is 78.1. The zero-order valence-corrected chi connectivity index (χ0v) is 40.6. The van der Waals surface area contributed by atoms with Crippen molar-refractivity contribution >= 4 is 29.3 Å². The lowest BCUT2D eigenvalue weighted by molar-refractivity contribution is -0.149. The molecule has 0 unspecified atom stereocenters. The standard InChI is InChI=1S/C51H80N4O7/c1-15-36(7)48(54(12)51(60)41(33(2)3)30-44(57)47(34(4)5)52(9)10)45(61-13)31-46(58)55-27-19-22-42(55)49(62-14)37(8)43(56)29-40(28-38-20-17-16-18-21-38)50(59)53(11)32-39-25-23-35(6)24-26-39/h16-18,20-21,23-26,33-34,36-37,40-42,45,47-49H,15,19,22,27-32H2,1-14H3/t36-,37-,40+,41-,42-,45+,47-,48-,49+/m0/s1. The lowest BCUT2D eigenvalue weighted by Gasteiger charge is -2.41. The summed E-state index contributed by atoms with van der Waals surface area (Å²) in [5.74, 6) is -2.01. The average Bonchev–Trinajstić information content (AvgIpc) is 3.72. The van der Waals surface area contributed by atoms with E-state index >= 15 is 0 Å². The summed E-state index contributed by atoms with van der Waals surface area (Å²) in [7, 11) is 10.6. The number of likely N-dealkylation sites (N-methyl/N-ethyl adjacent to an activating group) is 2. The van der Waals surface area contributed by atoms with E-state index in [2.05, 4.69) is 13.8 Å². The van der Waals surface area contributed by atoms with E-state index in [0.29, 0.717) is 25.9 Å². The van der Waals surface area contributed by atoms with Crippen LogP contribution in [0.15, 0.2) is 54.6 Å². The maximum atomic E-state index is 14.5. The number of ketones is 2. The Bertz CT molecular complexity index is 1720. The summed E-state index contributed by atoms with van der Waals surface area (Å²) in [6, 6.07) is 16.8. The van der Waals surface area contributed by atoms with Gasteiger partial charge in [0.1, 0.15) is 5.78 Å². The number of Topliss-reactive ketones (excluding diaryl/α,β-unsaturated/α-hetero) is 2. The number of carbonyl (C=O) groups is 5. The maximum absolute atomic E-state index is 14.5. The van der Waals surface area contributed by atoms with Gasteiger partial charge >= 0.3 is 0 Å². The summed E-state index contributed by atoms with van der Waals surface area (Å²) < 4.78 is 12.2. The predicted molar refractivity (Wildman–Crippen MR) is 247 cm³/mol. The van der Waals surface area contributed by atoms with E-state index in [4.69, 9.17) is 9.47 Å². The molecule has 2 aromatic carbocycles. The monoisotopic (exact) mass is 861 g/mol. The Morgan fingerprint density at radius 3 is 1.92 bits per heavy atom. The van der Waals surface area contributed by atoms with E-state index in [0.717, 1.165) is 29.5 Å². The normalized spacial score (nSPS) is 18.2. The summed E-state index contributed by atoms with van der Waals surface area (Å²) >= 11 is 0. The van der Waals surface area contributed by atoms with E-state index in [1.165, 1.54) is 0 Å². The van der Waals surface area contributed by atoms with Crippen LogP contribution in [0, 0.1) is 42.4 Å². The highest BCUT2D eigenvalue weighted by atomic mass is 16.5. The Balaban J connectivity index is 1.82. The van der Waals surface area contributed by atoms with Crippen LogP contribution in [0.4, 0.5) is 0 Å². The molecule has 62 heavy (non-hydrogen) atoms. The third-order valence-corrected chi connectivity index (χ3v) is 13.5. The van der Waals surface area contributed by atoms with Gasteiger partial charge in [-0.15, -0.1) is 0 Å². The second-order valence-corrected chi connectivity index (χ2v) is 19.0. The highest BCUT2D eigenvalue weighted by molar-refractivity contribution is 5.90. The van der Waals surface area contributed by atoms with Gasteiger partial charge in [-0.25, -0.2) is 0 Å². The van der Waals surface area contributed by atoms with Crippen molar-refractivity contribution < 1.29 is 33.4 Å². The number of methoxy groups -OCH3 is 2. The molecule has 11 nitrogen and oxygen atoms in total. The smallest absolute Gasteiger partial charge is 0.226 e. The molecule has 3 amide bonds. The Kier molecular flexibility index (Phi) is 21.0. The van der Waals surface area contributed by atoms with Gasteiger partial charge in [0.15, 0.2) is 5.78 Å². The molecule has 346 valence electrons. The summed E-state index contributed by atoms with van der Waals surface area (Å²) in [5.41, 5.74) is 3.15. The van der Waals surface area contributed by atoms with Crippen molar-refractivity contribution in [3.8, 4) is 0 Å². The van der Waals surface area contributed by atoms with Gasteiger partial charge in [-0.3, -0.25) is 28.9 Å². The molecule has 0 aliphatic carbocycles. The molecule has 1 aliphatic rings. The van der Waals surface area contributed by atoms with Gasteiger partial charge in [0.05, 0.1) is 36.8 Å². The van der Waals surface area contributed by atoms with E-state index in [9.17, 15) is 24.0 Å². The fourth-order valence-electron chi connectivity index (χ4n) is 9.73. The molecule has 2 aromatic rings. The molecule has 9 atom stereocenters. The van der Waals surface area contributed by atoms with Gasteiger partial charge in [0, 0.05) is 72.0 Å². The van der Waals surface area contributed by atoms with Crippen LogP contribution in [-0.2, 0) is 46.4 Å². The number of likely N-dealkylation sites (tertiary alicyclic amines) is 1. The number of carbonyl (C=O) groups excluding carboxylic acids is 5. The zero-order valence-electron chi connectivity index (χ0n) is 40.6. The first kappa shape index (κ1) is 52.4. The first-order valence-electron chi connectivity index (χ1n) is 23.0. The van der Waals surface area contributed by atoms with E-state index in [1.807, 2.05) is 120 Å². The van der Waals surface area contributed by atoms with Crippen LogP contribution < -0.4 is 0 Å². The van der Waals surface area contributed by atoms with Crippen molar-refractivity contribution in [3.05, 3.63) is 71.3 Å². The number of benzene rings is 2. The molecular weight excluding hydrogens is 781 g/mol. The lowest BCUT2D eigenvalue weighted by atomic mass is 9.83. The van der Waals surface area contributed by atoms with Crippen LogP contribution in [0.1, 0.15) is 104 Å². The molecule has 1 heterocycles. The van der Waals surface area contributed by atoms with Gasteiger partial charge < -0.3 is 24.2 Å². The number of hydrogen-bond donors (Lipinski definition) is 0. The Morgan fingerprint density at radius 2 is 1.39 bits per heavy atom. The topological polar surface area (TPSA) is 117 Å². The number of ether oxygens (including phenoxy) is 2. The largest absolute Gasteiger partial charge is 0.379 e. The second-order valence-electron chi connectivity index (χ2n) is 19.0. The van der Waals surface area contributed by atoms with Crippen LogP contribution in [0.3, 0.4) is 0 Å². The summed E-state index contributed by atoms with van der Waals surface area (Å²) in [6.07, 6.45) is 1.66. The molecule has 1 aliphatic heterocycles. The average molecular weight is 861 g/mol. The molecule has 0 radical (unpaired) electrons. The van der Waals surface area contributed by atoms with Crippen LogP contribution in [0.5, 0.6) is 0 Å². The predicted octanol–water partition coefficient (Wildman–Crippen LogP) is 7.51. The van der Waals surface area contributed by atoms with Crippen LogP contribution in [0.25, 0.3) is 0 Å². The molecule has 11 heteroatoms. The second kappa shape index (κ2) is 24.8. The number of nitrogens with zero attached hydrogens (tertiary/aromatic N) is 4. The van der Waals surface area contributed by atoms with Crippen molar-refractivity contribution in [3.63, 3.8) is 0 Å². The highest BCUT2D eigenvalue weighted by Gasteiger charge is 2.43. The van der Waals surface area contributed by atoms with Gasteiger partial charge in [0.25, 0.3) is 0 Å². The fourth-order valence-corrected chi connectivity index (χ4v) is 9.73. The molecule has 3 rings (SSSR count). The molecular formula is C51H80N4O7. The minimum absolute atomic E-state index is 0.00313. The number of amides is 3. The highest BCUT2D eigenvalue weighted by Crippen LogP contribution is 2.32. The van der Waals surface area contributed by atoms with Crippen molar-refractivity contribution in [1.29, 1.82) is 0 Å². The van der Waals surface area contributed by atoms with Crippen molar-refractivity contribution in [1.82, 2.24) is 19.6 Å². The number of hydrogen-bond acceptors (Lipinski definition) is 8. The molecule has 1 fully saturated rings. The lowest BCUT2D eigenvalue weighted by Crippen LogP contribution is -2.54. The van der Waals surface area contributed by atoms with E-state index < -0.39 is 36.0 Å². The fraction of sp³-hybridized carbons (Fsp3) is 0.667. The van der Waals surface area contributed by atoms with Crippen molar-refractivity contribution in [2.24, 2.45) is 35.5 Å². The van der Waals surface area contributed by atoms with Crippen molar-refractivity contribution in [2.45, 2.75) is 137 Å². The van der Waals surface area contributed by atoms with E-state index in [-0.39, 0.29) is 78.4 Å².